The van der Waals surface area contributed by atoms with Crippen LogP contribution in [0.5, 0.6) is 0 Å². The summed E-state index contributed by atoms with van der Waals surface area (Å²) in [5.74, 6) is 2.07. The molecule has 0 radical (unpaired) electrons. The number of thiazole rings is 1. The van der Waals surface area contributed by atoms with Crippen LogP contribution in [0.1, 0.15) is 15.2 Å². The van der Waals surface area contributed by atoms with E-state index in [4.69, 9.17) is 0 Å². The number of hydrogen-bond donors (Lipinski definition) is 1. The van der Waals surface area contributed by atoms with Crippen molar-refractivity contribution >= 4 is 66.6 Å². The molecule has 6 nitrogen and oxygen atoms in total. The van der Waals surface area contributed by atoms with Gasteiger partial charge in [0, 0.05) is 44.4 Å². The molecule has 1 aliphatic heterocycles. The van der Waals surface area contributed by atoms with Crippen molar-refractivity contribution in [1.82, 2.24) is 9.88 Å². The predicted octanol–water partition coefficient (Wildman–Crippen LogP) is 3.79. The molecular formula is C20H22N4O2S3. The van der Waals surface area contributed by atoms with Crippen molar-refractivity contribution in [2.75, 3.05) is 48.9 Å². The van der Waals surface area contributed by atoms with Gasteiger partial charge >= 0.3 is 0 Å². The molecule has 0 saturated carbocycles. The lowest BCUT2D eigenvalue weighted by Crippen LogP contribution is -2.38. The summed E-state index contributed by atoms with van der Waals surface area (Å²) in [6.07, 6.45) is 0.403. The second kappa shape index (κ2) is 8.73. The highest BCUT2D eigenvalue weighted by Gasteiger charge is 2.17. The molecule has 1 N–H and O–H groups in total. The number of rotatable bonds is 5. The van der Waals surface area contributed by atoms with Gasteiger partial charge in [0.1, 0.15) is 4.83 Å². The van der Waals surface area contributed by atoms with Crippen molar-refractivity contribution in [2.24, 2.45) is 0 Å². The van der Waals surface area contributed by atoms with Crippen molar-refractivity contribution in [2.45, 2.75) is 6.42 Å². The number of aromatic nitrogens is 1. The normalized spacial score (nSPS) is 14.2. The molecule has 1 fully saturated rings. The van der Waals surface area contributed by atoms with Gasteiger partial charge in [-0.3, -0.25) is 9.59 Å². The summed E-state index contributed by atoms with van der Waals surface area (Å²) in [5.41, 5.74) is 1.68. The minimum absolute atomic E-state index is 0.138. The van der Waals surface area contributed by atoms with E-state index in [9.17, 15) is 9.59 Å². The van der Waals surface area contributed by atoms with Gasteiger partial charge in [0.05, 0.1) is 16.0 Å². The Morgan fingerprint density at radius 2 is 1.86 bits per heavy atom. The van der Waals surface area contributed by atoms with Gasteiger partial charge in [-0.15, -0.1) is 11.3 Å². The number of hydrogen-bond acceptors (Lipinski definition) is 7. The molecule has 152 valence electrons. The average molecular weight is 447 g/mol. The van der Waals surface area contributed by atoms with Crippen molar-refractivity contribution in [3.8, 4) is 0 Å². The summed E-state index contributed by atoms with van der Waals surface area (Å²) >= 11 is 4.87. The van der Waals surface area contributed by atoms with Gasteiger partial charge in [0.2, 0.25) is 5.91 Å². The van der Waals surface area contributed by atoms with Crippen LogP contribution in [0.3, 0.4) is 0 Å². The molecule has 3 aromatic rings. The number of nitrogens with one attached hydrogen (secondary N) is 1. The zero-order chi connectivity index (χ0) is 20.4. The summed E-state index contributed by atoms with van der Waals surface area (Å²) in [6, 6.07) is 9.41. The first-order valence-corrected chi connectivity index (χ1v) is 12.1. The Hall–Kier alpha value is -2.10. The van der Waals surface area contributed by atoms with Gasteiger partial charge < -0.3 is 15.1 Å². The summed E-state index contributed by atoms with van der Waals surface area (Å²) in [4.78, 5) is 34.9. The molecule has 0 unspecified atom stereocenters. The lowest BCUT2D eigenvalue weighted by molar-refractivity contribution is -0.130. The Kier molecular flexibility index (Phi) is 6.07. The molecule has 1 aromatic carbocycles. The third kappa shape index (κ3) is 4.73. The van der Waals surface area contributed by atoms with E-state index < -0.39 is 0 Å². The second-order valence-corrected chi connectivity index (χ2v) is 10.3. The fourth-order valence-electron chi connectivity index (χ4n) is 3.02. The highest BCUT2D eigenvalue weighted by atomic mass is 32.2. The number of anilines is 2. The topological polar surface area (TPSA) is 65.5 Å². The maximum atomic E-state index is 12.6. The van der Waals surface area contributed by atoms with Crippen LogP contribution in [-0.2, 0) is 11.2 Å². The zero-order valence-corrected chi connectivity index (χ0v) is 18.8. The van der Waals surface area contributed by atoms with E-state index in [0.29, 0.717) is 11.3 Å². The van der Waals surface area contributed by atoms with Gasteiger partial charge in [-0.25, -0.2) is 4.98 Å². The highest BCUT2D eigenvalue weighted by molar-refractivity contribution is 7.99. The largest absolute Gasteiger partial charge is 0.354 e. The Balaban J connectivity index is 1.37. The summed E-state index contributed by atoms with van der Waals surface area (Å²) in [5, 5.41) is 3.87. The molecule has 2 aromatic heterocycles. The number of benzene rings is 1. The SMILES string of the molecule is CN(C)c1nc2sc(C(=O)Nc3ccc(CC(=O)N4CCSCC4)cc3)cc2s1. The molecule has 0 bridgehead atoms. The maximum absolute atomic E-state index is 12.6. The van der Waals surface area contributed by atoms with E-state index in [1.165, 1.54) is 11.3 Å². The molecule has 0 aliphatic carbocycles. The molecule has 29 heavy (non-hydrogen) atoms. The second-order valence-electron chi connectivity index (χ2n) is 6.99. The van der Waals surface area contributed by atoms with E-state index in [2.05, 4.69) is 10.3 Å². The van der Waals surface area contributed by atoms with E-state index in [-0.39, 0.29) is 11.8 Å². The number of thiophene rings is 1. The molecule has 1 aliphatic rings. The van der Waals surface area contributed by atoms with Crippen LogP contribution in [0, 0.1) is 0 Å². The fraction of sp³-hybridized carbons (Fsp3) is 0.350. The number of carbonyl (C=O) groups excluding carboxylic acids is 2. The minimum atomic E-state index is -0.138. The molecule has 0 atom stereocenters. The molecule has 2 amide bonds. The lowest BCUT2D eigenvalue weighted by Gasteiger charge is -2.26. The van der Waals surface area contributed by atoms with Crippen LogP contribution in [0.4, 0.5) is 10.8 Å². The van der Waals surface area contributed by atoms with Gasteiger partial charge in [-0.2, -0.15) is 11.8 Å². The number of carbonyl (C=O) groups is 2. The molecule has 0 spiro atoms. The van der Waals surface area contributed by atoms with Crippen LogP contribution >= 0.6 is 34.4 Å². The third-order valence-corrected chi connectivity index (χ3v) is 7.88. The molecular weight excluding hydrogens is 424 g/mol. The Bertz CT molecular complexity index is 989. The van der Waals surface area contributed by atoms with E-state index in [1.807, 2.05) is 66.0 Å². The monoisotopic (exact) mass is 446 g/mol. The van der Waals surface area contributed by atoms with Crippen molar-refractivity contribution in [3.05, 3.63) is 40.8 Å². The maximum Gasteiger partial charge on any atom is 0.265 e. The quantitative estimate of drug-likeness (QED) is 0.646. The van der Waals surface area contributed by atoms with Crippen molar-refractivity contribution < 1.29 is 9.59 Å². The number of amides is 2. The molecule has 9 heteroatoms. The average Bonchev–Trinajstić information content (AvgIpc) is 3.30. The lowest BCUT2D eigenvalue weighted by atomic mass is 10.1. The smallest absolute Gasteiger partial charge is 0.265 e. The first kappa shape index (κ1) is 20.2. The summed E-state index contributed by atoms with van der Waals surface area (Å²) < 4.78 is 1.02. The van der Waals surface area contributed by atoms with Crippen molar-refractivity contribution in [3.63, 3.8) is 0 Å². The minimum Gasteiger partial charge on any atom is -0.354 e. The molecule has 4 rings (SSSR count). The number of nitrogens with zero attached hydrogens (tertiary/aromatic N) is 3. The van der Waals surface area contributed by atoms with E-state index >= 15 is 0 Å². The Morgan fingerprint density at radius 3 is 2.52 bits per heavy atom. The number of fused-ring (bicyclic) bond motifs is 1. The predicted molar refractivity (Wildman–Crippen MR) is 124 cm³/mol. The molecule has 3 heterocycles. The van der Waals surface area contributed by atoms with Gasteiger partial charge in [-0.1, -0.05) is 23.5 Å². The van der Waals surface area contributed by atoms with Crippen LogP contribution < -0.4 is 10.2 Å². The van der Waals surface area contributed by atoms with Gasteiger partial charge in [0.15, 0.2) is 5.13 Å². The van der Waals surface area contributed by atoms with Gasteiger partial charge in [-0.05, 0) is 23.8 Å². The standard InChI is InChI=1S/C20H22N4O2S3/c1-23(2)20-22-19-16(29-20)12-15(28-19)18(26)21-14-5-3-13(4-6-14)11-17(25)24-7-9-27-10-8-24/h3-6,12H,7-11H2,1-2H3,(H,21,26). The van der Waals surface area contributed by atoms with Crippen LogP contribution in [0.2, 0.25) is 0 Å². The van der Waals surface area contributed by atoms with E-state index in [1.54, 1.807) is 11.3 Å². The fourth-order valence-corrected chi connectivity index (χ4v) is 5.96. The third-order valence-electron chi connectivity index (χ3n) is 4.62. The Morgan fingerprint density at radius 1 is 1.14 bits per heavy atom. The summed E-state index contributed by atoms with van der Waals surface area (Å²) in [6.45, 7) is 1.67. The van der Waals surface area contributed by atoms with Gasteiger partial charge in [0.25, 0.3) is 5.91 Å². The Labute approximate surface area is 181 Å². The molecule has 1 saturated heterocycles. The number of thioether (sulfide) groups is 1. The highest BCUT2D eigenvalue weighted by Crippen LogP contribution is 2.34. The zero-order valence-electron chi connectivity index (χ0n) is 16.3. The van der Waals surface area contributed by atoms with Crippen molar-refractivity contribution in [1.29, 1.82) is 0 Å². The first-order chi connectivity index (χ1) is 14.0. The van der Waals surface area contributed by atoms with E-state index in [0.717, 1.165) is 50.5 Å². The first-order valence-electron chi connectivity index (χ1n) is 9.33. The van der Waals surface area contributed by atoms with Crippen LogP contribution in [0.25, 0.3) is 9.53 Å². The van der Waals surface area contributed by atoms with Crippen LogP contribution in [-0.4, -0.2) is 60.4 Å². The summed E-state index contributed by atoms with van der Waals surface area (Å²) in [7, 11) is 3.91. The van der Waals surface area contributed by atoms with Crippen LogP contribution in [0.15, 0.2) is 30.3 Å².